The Morgan fingerprint density at radius 2 is 2.60 bits per heavy atom. The Hall–Kier alpha value is -0.640. The standard InChI is InChI=1S/C6H12N2O2/c1-5-4-8(7-10)3-2-6(5)9/h5-6,9H,2-4H2,1H3/i3D2,4D2. The summed E-state index contributed by atoms with van der Waals surface area (Å²) in [5, 5.41) is 12.0. The van der Waals surface area contributed by atoms with Crippen LogP contribution in [-0.2, 0) is 0 Å². The fourth-order valence-corrected chi connectivity index (χ4v) is 0.734. The molecule has 0 amide bonds. The maximum atomic E-state index is 10.4. The van der Waals surface area contributed by atoms with E-state index in [1.165, 1.54) is 6.92 Å². The third-order valence-electron chi connectivity index (χ3n) is 1.43. The van der Waals surface area contributed by atoms with E-state index in [-0.39, 0.29) is 11.4 Å². The van der Waals surface area contributed by atoms with E-state index < -0.39 is 25.0 Å². The molecule has 2 atom stereocenters. The number of nitrogens with zero attached hydrogens (tertiary/aromatic N) is 2. The number of aliphatic hydroxyl groups is 1. The number of aliphatic hydroxyl groups excluding tert-OH is 1. The SMILES string of the molecule is [2H]C1([2H])CC(O)C(C)C([2H])([2H])N1N=O. The maximum Gasteiger partial charge on any atom is 0.0600 e. The average molecular weight is 148 g/mol. The molecule has 0 radical (unpaired) electrons. The van der Waals surface area contributed by atoms with Gasteiger partial charge in [0.05, 0.1) is 16.9 Å². The molecule has 0 spiro atoms. The van der Waals surface area contributed by atoms with Crippen LogP contribution in [0.25, 0.3) is 0 Å². The van der Waals surface area contributed by atoms with E-state index in [1.54, 1.807) is 0 Å². The van der Waals surface area contributed by atoms with Gasteiger partial charge in [-0.15, -0.1) is 4.91 Å². The van der Waals surface area contributed by atoms with Crippen LogP contribution in [0.4, 0.5) is 0 Å². The van der Waals surface area contributed by atoms with E-state index in [2.05, 4.69) is 5.29 Å². The van der Waals surface area contributed by atoms with E-state index in [9.17, 15) is 10.0 Å². The van der Waals surface area contributed by atoms with Gasteiger partial charge >= 0.3 is 0 Å². The van der Waals surface area contributed by atoms with E-state index in [0.29, 0.717) is 0 Å². The third-order valence-corrected chi connectivity index (χ3v) is 1.43. The Labute approximate surface area is 65.4 Å². The van der Waals surface area contributed by atoms with Gasteiger partial charge in [-0.2, -0.15) is 0 Å². The molecule has 1 aliphatic heterocycles. The molecule has 0 bridgehead atoms. The van der Waals surface area contributed by atoms with Crippen LogP contribution in [0.3, 0.4) is 0 Å². The molecule has 4 heteroatoms. The average Bonchev–Trinajstić information content (AvgIpc) is 1.99. The zero-order chi connectivity index (χ0) is 11.1. The van der Waals surface area contributed by atoms with E-state index in [0.717, 1.165) is 0 Å². The Balaban J connectivity index is 3.06. The zero-order valence-corrected chi connectivity index (χ0v) is 5.61. The molecule has 1 heterocycles. The highest BCUT2D eigenvalue weighted by molar-refractivity contribution is 4.74. The van der Waals surface area contributed by atoms with Gasteiger partial charge in [-0.25, -0.2) is 0 Å². The monoisotopic (exact) mass is 148 g/mol. The minimum absolute atomic E-state index is 0.247. The summed E-state index contributed by atoms with van der Waals surface area (Å²) in [6.45, 7) is -3.09. The minimum Gasteiger partial charge on any atom is -0.393 e. The van der Waals surface area contributed by atoms with Crippen molar-refractivity contribution in [3.05, 3.63) is 4.91 Å². The number of rotatable bonds is 1. The second-order valence-electron chi connectivity index (χ2n) is 2.24. The minimum atomic E-state index is -2.26. The van der Waals surface area contributed by atoms with Crippen molar-refractivity contribution in [2.75, 3.05) is 13.0 Å². The first-order valence-corrected chi connectivity index (χ1v) is 3.05. The third kappa shape index (κ3) is 1.44. The molecule has 1 saturated heterocycles. The van der Waals surface area contributed by atoms with Gasteiger partial charge in [-0.3, -0.25) is 5.01 Å². The van der Waals surface area contributed by atoms with E-state index in [4.69, 9.17) is 5.48 Å². The van der Waals surface area contributed by atoms with Gasteiger partial charge in [0.1, 0.15) is 0 Å². The molecule has 1 fully saturated rings. The fourth-order valence-electron chi connectivity index (χ4n) is 0.734. The summed E-state index contributed by atoms with van der Waals surface area (Å²) in [4.78, 5) is 10.4. The first-order valence-electron chi connectivity index (χ1n) is 5.05. The maximum absolute atomic E-state index is 10.4. The highest BCUT2D eigenvalue weighted by atomic mass is 16.3. The van der Waals surface area contributed by atoms with Crippen LogP contribution in [0.15, 0.2) is 5.29 Å². The molecule has 4 nitrogen and oxygen atoms in total. The van der Waals surface area contributed by atoms with Crippen molar-refractivity contribution < 1.29 is 10.6 Å². The lowest BCUT2D eigenvalue weighted by Crippen LogP contribution is -2.38. The lowest BCUT2D eigenvalue weighted by molar-refractivity contribution is 0.0354. The van der Waals surface area contributed by atoms with E-state index in [1.807, 2.05) is 0 Å². The summed E-state index contributed by atoms with van der Waals surface area (Å²) in [5.74, 6) is -0.857. The molecular weight excluding hydrogens is 132 g/mol. The van der Waals surface area contributed by atoms with E-state index >= 15 is 0 Å². The van der Waals surface area contributed by atoms with Crippen molar-refractivity contribution in [3.63, 3.8) is 0 Å². The first-order chi connectivity index (χ1) is 6.23. The molecule has 58 valence electrons. The zero-order valence-electron chi connectivity index (χ0n) is 9.61. The quantitative estimate of drug-likeness (QED) is 0.546. The molecule has 1 N–H and O–H groups in total. The van der Waals surface area contributed by atoms with Gasteiger partial charge in [0, 0.05) is 18.9 Å². The molecule has 1 rings (SSSR count). The van der Waals surface area contributed by atoms with Gasteiger partial charge in [-0.05, 0) is 6.42 Å². The molecule has 2 unspecified atom stereocenters. The van der Waals surface area contributed by atoms with Gasteiger partial charge in [0.25, 0.3) is 0 Å². The second-order valence-corrected chi connectivity index (χ2v) is 2.24. The summed E-state index contributed by atoms with van der Waals surface area (Å²) in [6, 6.07) is 0. The van der Waals surface area contributed by atoms with Gasteiger partial charge < -0.3 is 5.11 Å². The highest BCUT2D eigenvalue weighted by Gasteiger charge is 2.23. The van der Waals surface area contributed by atoms with Crippen LogP contribution in [0, 0.1) is 10.8 Å². The normalized spacial score (nSPS) is 50.0. The number of hydrogen-bond donors (Lipinski definition) is 1. The first kappa shape index (κ1) is 3.67. The summed E-state index contributed by atoms with van der Waals surface area (Å²) >= 11 is 0. The second kappa shape index (κ2) is 2.96. The molecule has 0 aromatic carbocycles. The van der Waals surface area contributed by atoms with Crippen molar-refractivity contribution in [3.8, 4) is 0 Å². The van der Waals surface area contributed by atoms with Crippen LogP contribution in [0.2, 0.25) is 0 Å². The summed E-state index contributed by atoms with van der Waals surface area (Å²) in [6.07, 6.45) is -1.43. The summed E-state index contributed by atoms with van der Waals surface area (Å²) < 4.78 is 29.7. The molecule has 0 aromatic rings. The predicted octanol–water partition coefficient (Wildman–Crippen LogP) is 0.371. The van der Waals surface area contributed by atoms with Crippen molar-refractivity contribution in [2.24, 2.45) is 11.2 Å². The number of nitroso groups, excluding NO2 is 1. The van der Waals surface area contributed by atoms with Crippen LogP contribution < -0.4 is 0 Å². The van der Waals surface area contributed by atoms with Gasteiger partial charge in [0.2, 0.25) is 0 Å². The highest BCUT2D eigenvalue weighted by Crippen LogP contribution is 2.15. The Morgan fingerprint density at radius 1 is 1.90 bits per heavy atom. The number of hydrogen-bond acceptors (Lipinski definition) is 3. The molecule has 1 aliphatic rings. The molecule has 0 aromatic heterocycles. The van der Waals surface area contributed by atoms with Crippen LogP contribution in [0.1, 0.15) is 18.8 Å². The molecule has 0 saturated carbocycles. The molecule has 0 aliphatic carbocycles. The van der Waals surface area contributed by atoms with Crippen LogP contribution in [0.5, 0.6) is 0 Å². The Kier molecular flexibility index (Phi) is 1.09. The molecular formula is C6H12N2O2. The summed E-state index contributed by atoms with van der Waals surface area (Å²) in [7, 11) is 0. The van der Waals surface area contributed by atoms with Crippen molar-refractivity contribution in [1.82, 2.24) is 5.01 Å². The van der Waals surface area contributed by atoms with Crippen molar-refractivity contribution >= 4 is 0 Å². The molecule has 10 heavy (non-hydrogen) atoms. The predicted molar refractivity (Wildman–Crippen MR) is 37.2 cm³/mol. The smallest absolute Gasteiger partial charge is 0.0600 e. The topological polar surface area (TPSA) is 52.9 Å². The van der Waals surface area contributed by atoms with Crippen molar-refractivity contribution in [1.29, 1.82) is 0 Å². The lowest BCUT2D eigenvalue weighted by Gasteiger charge is -2.29. The van der Waals surface area contributed by atoms with Crippen molar-refractivity contribution in [2.45, 2.75) is 19.4 Å². The summed E-state index contributed by atoms with van der Waals surface area (Å²) in [5.41, 5.74) is 0. The fraction of sp³-hybridized carbons (Fsp3) is 1.00. The van der Waals surface area contributed by atoms with Gasteiger partial charge in [-0.1, -0.05) is 6.92 Å². The van der Waals surface area contributed by atoms with Crippen LogP contribution >= 0.6 is 0 Å². The Morgan fingerprint density at radius 3 is 3.20 bits per heavy atom. The largest absolute Gasteiger partial charge is 0.393 e. The lowest BCUT2D eigenvalue weighted by atomic mass is 9.98. The Bertz CT molecular complexity index is 248. The van der Waals surface area contributed by atoms with Crippen LogP contribution in [-0.4, -0.2) is 29.2 Å². The number of piperidine rings is 1. The van der Waals surface area contributed by atoms with Gasteiger partial charge in [0.15, 0.2) is 0 Å².